The third-order valence-corrected chi connectivity index (χ3v) is 3.21. The van der Waals surface area contributed by atoms with Gasteiger partial charge in [-0.15, -0.1) is 0 Å². The van der Waals surface area contributed by atoms with Gasteiger partial charge in [-0.2, -0.15) is 0 Å². The monoisotopic (exact) mass is 289 g/mol. The third-order valence-electron chi connectivity index (χ3n) is 2.26. The summed E-state index contributed by atoms with van der Waals surface area (Å²) in [4.78, 5) is 23.7. The highest BCUT2D eigenvalue weighted by Crippen LogP contribution is 2.15. The molecule has 1 heterocycles. The number of nitrogens with zero attached hydrogens (tertiary/aromatic N) is 1. The first-order valence-electron chi connectivity index (χ1n) is 5.56. The van der Waals surface area contributed by atoms with E-state index >= 15 is 0 Å². The number of sulfone groups is 1. The van der Waals surface area contributed by atoms with Crippen molar-refractivity contribution in [1.82, 2.24) is 4.90 Å². The highest BCUT2D eigenvalue weighted by Gasteiger charge is 2.22. The molecule has 0 aliphatic heterocycles. The topological polar surface area (TPSA) is 105 Å². The molecule has 0 aliphatic carbocycles. The number of hydrogen-bond acceptors (Lipinski definition) is 5. The molecule has 0 spiro atoms. The third kappa shape index (κ3) is 4.09. The number of hydrogen-bond donors (Lipinski definition) is 1. The molecule has 1 aromatic rings. The number of aliphatic carboxylic acids is 1. The van der Waals surface area contributed by atoms with Crippen molar-refractivity contribution in [1.29, 1.82) is 0 Å². The van der Waals surface area contributed by atoms with Crippen molar-refractivity contribution in [2.45, 2.75) is 18.4 Å². The molecule has 0 aromatic carbocycles. The van der Waals surface area contributed by atoms with Crippen molar-refractivity contribution in [3.63, 3.8) is 0 Å². The SMILES string of the molecule is CCCN(CC(=O)O)C(=O)c1ccc(S(C)(=O)=O)o1. The zero-order valence-electron chi connectivity index (χ0n) is 10.6. The second-order valence-corrected chi connectivity index (χ2v) is 5.96. The van der Waals surface area contributed by atoms with Crippen molar-refractivity contribution in [2.75, 3.05) is 19.3 Å². The summed E-state index contributed by atoms with van der Waals surface area (Å²) in [6, 6.07) is 2.40. The normalized spacial score (nSPS) is 11.3. The first-order valence-corrected chi connectivity index (χ1v) is 7.45. The number of furan rings is 1. The fourth-order valence-electron chi connectivity index (χ4n) is 1.48. The van der Waals surface area contributed by atoms with E-state index in [4.69, 9.17) is 9.52 Å². The minimum atomic E-state index is -3.53. The Morgan fingerprint density at radius 1 is 1.37 bits per heavy atom. The highest BCUT2D eigenvalue weighted by molar-refractivity contribution is 7.90. The van der Waals surface area contributed by atoms with E-state index in [2.05, 4.69) is 0 Å². The molecule has 8 heteroatoms. The molecule has 0 bridgehead atoms. The van der Waals surface area contributed by atoms with Crippen LogP contribution in [0.5, 0.6) is 0 Å². The molecule has 7 nitrogen and oxygen atoms in total. The summed E-state index contributed by atoms with van der Waals surface area (Å²) in [5.74, 6) is -1.97. The molecule has 1 rings (SSSR count). The minimum Gasteiger partial charge on any atom is -0.480 e. The molecule has 0 saturated carbocycles. The molecular formula is C11H15NO6S. The average molecular weight is 289 g/mol. The van der Waals surface area contributed by atoms with Crippen molar-refractivity contribution in [2.24, 2.45) is 0 Å². The predicted octanol–water partition coefficient (Wildman–Crippen LogP) is 0.620. The van der Waals surface area contributed by atoms with Gasteiger partial charge in [-0.1, -0.05) is 6.92 Å². The number of carbonyl (C=O) groups excluding carboxylic acids is 1. The lowest BCUT2D eigenvalue weighted by molar-refractivity contribution is -0.137. The molecule has 19 heavy (non-hydrogen) atoms. The van der Waals surface area contributed by atoms with Crippen molar-refractivity contribution < 1.29 is 27.5 Å². The largest absolute Gasteiger partial charge is 0.480 e. The van der Waals surface area contributed by atoms with Crippen LogP contribution in [0.2, 0.25) is 0 Å². The average Bonchev–Trinajstić information content (AvgIpc) is 2.75. The summed E-state index contributed by atoms with van der Waals surface area (Å²) in [6.07, 6.45) is 1.54. The quantitative estimate of drug-likeness (QED) is 0.823. The number of rotatable bonds is 6. The first-order chi connectivity index (χ1) is 8.75. The van der Waals surface area contributed by atoms with E-state index in [1.807, 2.05) is 0 Å². The van der Waals surface area contributed by atoms with Crippen LogP contribution < -0.4 is 0 Å². The van der Waals surface area contributed by atoms with Crippen molar-refractivity contribution in [3.05, 3.63) is 17.9 Å². The van der Waals surface area contributed by atoms with Gasteiger partial charge >= 0.3 is 5.97 Å². The molecule has 1 N–H and O–H groups in total. The smallest absolute Gasteiger partial charge is 0.323 e. The zero-order valence-corrected chi connectivity index (χ0v) is 11.4. The molecular weight excluding hydrogens is 274 g/mol. The van der Waals surface area contributed by atoms with E-state index in [1.165, 1.54) is 12.1 Å². The van der Waals surface area contributed by atoms with Gasteiger partial charge in [-0.05, 0) is 18.6 Å². The van der Waals surface area contributed by atoms with Gasteiger partial charge in [-0.3, -0.25) is 9.59 Å². The van der Waals surface area contributed by atoms with E-state index < -0.39 is 28.3 Å². The summed E-state index contributed by atoms with van der Waals surface area (Å²) in [6.45, 7) is 1.59. The first kappa shape index (κ1) is 15.2. The van der Waals surface area contributed by atoms with E-state index in [9.17, 15) is 18.0 Å². The summed E-state index contributed by atoms with van der Waals surface area (Å²) >= 11 is 0. The number of carbonyl (C=O) groups is 2. The Morgan fingerprint density at radius 2 is 2.00 bits per heavy atom. The van der Waals surface area contributed by atoms with Crippen molar-refractivity contribution >= 4 is 21.7 Å². The van der Waals surface area contributed by atoms with Crippen LogP contribution in [-0.2, 0) is 14.6 Å². The maximum absolute atomic E-state index is 12.0. The Labute approximate surface area is 110 Å². The standard InChI is InChI=1S/C11H15NO6S/c1-3-6-12(7-9(13)14)11(15)8-4-5-10(18-8)19(2,16)17/h4-5H,3,6-7H2,1-2H3,(H,13,14). The summed E-state index contributed by atoms with van der Waals surface area (Å²) in [5.41, 5.74) is 0. The van der Waals surface area contributed by atoms with E-state index in [-0.39, 0.29) is 17.4 Å². The molecule has 1 amide bonds. The van der Waals surface area contributed by atoms with Gasteiger partial charge in [0.2, 0.25) is 14.9 Å². The zero-order chi connectivity index (χ0) is 14.6. The Hall–Kier alpha value is -1.83. The molecule has 0 saturated heterocycles. The molecule has 1 aromatic heterocycles. The van der Waals surface area contributed by atoms with Gasteiger partial charge in [0, 0.05) is 12.8 Å². The fraction of sp³-hybridized carbons (Fsp3) is 0.455. The lowest BCUT2D eigenvalue weighted by Crippen LogP contribution is -2.36. The maximum Gasteiger partial charge on any atom is 0.323 e. The second kappa shape index (κ2) is 5.87. The molecule has 0 radical (unpaired) electrons. The Morgan fingerprint density at radius 3 is 2.42 bits per heavy atom. The van der Waals surface area contributed by atoms with Gasteiger partial charge in [0.25, 0.3) is 5.91 Å². The van der Waals surface area contributed by atoms with Crippen LogP contribution >= 0.6 is 0 Å². The van der Waals surface area contributed by atoms with Crippen LogP contribution in [0, 0.1) is 0 Å². The van der Waals surface area contributed by atoms with Crippen LogP contribution in [0.25, 0.3) is 0 Å². The predicted molar refractivity (Wildman–Crippen MR) is 65.6 cm³/mol. The fourth-order valence-corrected chi connectivity index (χ4v) is 2.03. The maximum atomic E-state index is 12.0. The van der Waals surface area contributed by atoms with Crippen LogP contribution in [-0.4, -0.2) is 49.6 Å². The number of carboxylic acids is 1. The van der Waals surface area contributed by atoms with Crippen LogP contribution in [0.4, 0.5) is 0 Å². The molecule has 0 aliphatic rings. The summed E-state index contributed by atoms with van der Waals surface area (Å²) < 4.78 is 27.4. The van der Waals surface area contributed by atoms with E-state index in [0.717, 1.165) is 11.2 Å². The van der Waals surface area contributed by atoms with Crippen LogP contribution in [0.15, 0.2) is 21.6 Å². The number of carboxylic acid groups (broad SMARTS) is 1. The van der Waals surface area contributed by atoms with Gasteiger partial charge in [0.1, 0.15) is 6.54 Å². The van der Waals surface area contributed by atoms with Crippen LogP contribution in [0.1, 0.15) is 23.9 Å². The van der Waals surface area contributed by atoms with Gasteiger partial charge in [0.15, 0.2) is 5.76 Å². The number of amides is 1. The van der Waals surface area contributed by atoms with Crippen LogP contribution in [0.3, 0.4) is 0 Å². The van der Waals surface area contributed by atoms with Gasteiger partial charge < -0.3 is 14.4 Å². The van der Waals surface area contributed by atoms with E-state index in [0.29, 0.717) is 6.42 Å². The summed E-state index contributed by atoms with van der Waals surface area (Å²) in [5, 5.41) is 8.40. The molecule has 0 fully saturated rings. The minimum absolute atomic E-state index is 0.185. The lowest BCUT2D eigenvalue weighted by Gasteiger charge is -2.18. The highest BCUT2D eigenvalue weighted by atomic mass is 32.2. The summed E-state index contributed by atoms with van der Waals surface area (Å²) in [7, 11) is -3.53. The molecule has 0 unspecified atom stereocenters. The Balaban J connectivity index is 2.97. The lowest BCUT2D eigenvalue weighted by atomic mass is 10.3. The Kier molecular flexibility index (Phi) is 4.71. The second-order valence-electron chi connectivity index (χ2n) is 4.01. The molecule has 106 valence electrons. The van der Waals surface area contributed by atoms with E-state index in [1.54, 1.807) is 6.92 Å². The van der Waals surface area contributed by atoms with Gasteiger partial charge in [-0.25, -0.2) is 8.42 Å². The van der Waals surface area contributed by atoms with Crippen molar-refractivity contribution in [3.8, 4) is 0 Å². The Bertz CT molecular complexity index is 574. The van der Waals surface area contributed by atoms with Gasteiger partial charge in [0.05, 0.1) is 0 Å². The molecule has 0 atom stereocenters.